The molecular formula is C13H10N4O3. The zero-order valence-electron chi connectivity index (χ0n) is 10.3. The Balaban J connectivity index is 1.89. The van der Waals surface area contributed by atoms with E-state index in [4.69, 9.17) is 0 Å². The predicted molar refractivity (Wildman–Crippen MR) is 71.2 cm³/mol. The number of para-hydroxylation sites is 1. The number of hydrogen-bond acceptors (Lipinski definition) is 5. The third-order valence-electron chi connectivity index (χ3n) is 2.82. The van der Waals surface area contributed by atoms with Gasteiger partial charge in [0.2, 0.25) is 5.91 Å². The molecule has 1 fully saturated rings. The number of amides is 3. The second-order valence-corrected chi connectivity index (χ2v) is 4.24. The number of nitrogens with one attached hydrogen (secondary N) is 1. The van der Waals surface area contributed by atoms with Crippen molar-refractivity contribution in [3.63, 3.8) is 0 Å². The summed E-state index contributed by atoms with van der Waals surface area (Å²) in [5.41, 5.74) is 0.935. The monoisotopic (exact) mass is 270 g/mol. The molecule has 3 rings (SSSR count). The smallest absolute Gasteiger partial charge is 0.344 e. The van der Waals surface area contributed by atoms with Crippen molar-refractivity contribution in [3.05, 3.63) is 36.0 Å². The Bertz CT molecular complexity index is 741. The van der Waals surface area contributed by atoms with Crippen LogP contribution in [0.1, 0.15) is 5.69 Å². The van der Waals surface area contributed by atoms with Gasteiger partial charge in [0.05, 0.1) is 11.9 Å². The Kier molecular flexibility index (Phi) is 2.79. The second kappa shape index (κ2) is 4.61. The van der Waals surface area contributed by atoms with Gasteiger partial charge in [0, 0.05) is 5.39 Å². The summed E-state index contributed by atoms with van der Waals surface area (Å²) >= 11 is 0. The topological polar surface area (TPSA) is 94.9 Å². The fraction of sp³-hybridized carbons (Fsp3) is 0.0769. The second-order valence-electron chi connectivity index (χ2n) is 4.24. The third-order valence-corrected chi connectivity index (χ3v) is 2.82. The van der Waals surface area contributed by atoms with Gasteiger partial charge in [-0.2, -0.15) is 5.10 Å². The van der Waals surface area contributed by atoms with Crippen molar-refractivity contribution < 1.29 is 14.7 Å². The molecule has 1 aromatic heterocycles. The maximum atomic E-state index is 11.3. The Morgan fingerprint density at radius 3 is 2.90 bits per heavy atom. The van der Waals surface area contributed by atoms with Gasteiger partial charge >= 0.3 is 6.03 Å². The number of phenolic OH excluding ortho intramolecular Hbond substituents is 1. The molecule has 0 atom stereocenters. The molecule has 1 aliphatic rings. The summed E-state index contributed by atoms with van der Waals surface area (Å²) in [7, 11) is 0. The van der Waals surface area contributed by atoms with E-state index in [0.717, 1.165) is 10.4 Å². The van der Waals surface area contributed by atoms with Crippen molar-refractivity contribution in [1.29, 1.82) is 0 Å². The third kappa shape index (κ3) is 2.16. The van der Waals surface area contributed by atoms with Gasteiger partial charge in [0.1, 0.15) is 17.8 Å². The first-order valence-electron chi connectivity index (χ1n) is 5.87. The number of fused-ring (bicyclic) bond motifs is 1. The highest BCUT2D eigenvalue weighted by atomic mass is 16.3. The summed E-state index contributed by atoms with van der Waals surface area (Å²) in [6.07, 6.45) is 1.37. The molecule has 100 valence electrons. The molecule has 0 saturated carbocycles. The summed E-state index contributed by atoms with van der Waals surface area (Å²) in [6.45, 7) is -0.103. The average Bonchev–Trinajstić information content (AvgIpc) is 2.75. The minimum Gasteiger partial charge on any atom is -0.506 e. The largest absolute Gasteiger partial charge is 0.506 e. The van der Waals surface area contributed by atoms with Crippen molar-refractivity contribution >= 4 is 29.1 Å². The number of urea groups is 1. The summed E-state index contributed by atoms with van der Waals surface area (Å²) in [4.78, 5) is 26.5. The Morgan fingerprint density at radius 2 is 2.15 bits per heavy atom. The zero-order valence-corrected chi connectivity index (χ0v) is 10.3. The van der Waals surface area contributed by atoms with Crippen molar-refractivity contribution in [1.82, 2.24) is 15.3 Å². The van der Waals surface area contributed by atoms with E-state index >= 15 is 0 Å². The lowest BCUT2D eigenvalue weighted by Gasteiger charge is -2.04. The summed E-state index contributed by atoms with van der Waals surface area (Å²) in [5.74, 6) is -0.317. The molecule has 0 bridgehead atoms. The van der Waals surface area contributed by atoms with Crippen LogP contribution in [0.3, 0.4) is 0 Å². The minimum absolute atomic E-state index is 0.0758. The molecule has 2 heterocycles. The first-order chi connectivity index (χ1) is 9.63. The lowest BCUT2D eigenvalue weighted by Crippen LogP contribution is -2.24. The summed E-state index contributed by atoms with van der Waals surface area (Å²) in [6, 6.07) is 8.04. The number of hydrazone groups is 1. The highest BCUT2D eigenvalue weighted by Crippen LogP contribution is 2.21. The lowest BCUT2D eigenvalue weighted by atomic mass is 10.2. The molecule has 1 saturated heterocycles. The van der Waals surface area contributed by atoms with E-state index in [0.29, 0.717) is 11.2 Å². The van der Waals surface area contributed by atoms with E-state index in [2.05, 4.69) is 15.4 Å². The van der Waals surface area contributed by atoms with Crippen LogP contribution in [0.2, 0.25) is 0 Å². The van der Waals surface area contributed by atoms with E-state index in [1.807, 2.05) is 6.07 Å². The number of pyridine rings is 1. The highest BCUT2D eigenvalue weighted by molar-refractivity contribution is 6.02. The van der Waals surface area contributed by atoms with Gasteiger partial charge in [0.15, 0.2) is 0 Å². The number of rotatable bonds is 2. The van der Waals surface area contributed by atoms with Gasteiger partial charge in [0.25, 0.3) is 0 Å². The fourth-order valence-corrected chi connectivity index (χ4v) is 1.87. The fourth-order valence-electron chi connectivity index (χ4n) is 1.87. The molecule has 0 aliphatic carbocycles. The van der Waals surface area contributed by atoms with Crippen LogP contribution in [0, 0.1) is 0 Å². The number of imide groups is 1. The van der Waals surface area contributed by atoms with Gasteiger partial charge in [-0.15, -0.1) is 0 Å². The molecule has 1 aromatic carbocycles. The van der Waals surface area contributed by atoms with Crippen molar-refractivity contribution in [3.8, 4) is 5.75 Å². The maximum Gasteiger partial charge on any atom is 0.344 e. The van der Waals surface area contributed by atoms with Crippen LogP contribution in [0.5, 0.6) is 5.75 Å². The Labute approximate surface area is 113 Å². The highest BCUT2D eigenvalue weighted by Gasteiger charge is 2.25. The van der Waals surface area contributed by atoms with Crippen molar-refractivity contribution in [2.75, 3.05) is 6.54 Å². The molecular weight excluding hydrogens is 260 g/mol. The molecule has 2 aromatic rings. The normalized spacial score (nSPS) is 15.3. The molecule has 3 amide bonds. The standard InChI is InChI=1S/C13H10N4O3/c18-10-3-1-2-8-4-5-9(15-12(8)10)6-14-17-7-11(19)16-13(17)20/h1-6,18H,7H2,(H,16,19,20)/b14-6+. The number of aromatic hydroxyl groups is 1. The molecule has 0 spiro atoms. The van der Waals surface area contributed by atoms with Crippen LogP contribution in [0.4, 0.5) is 4.79 Å². The Hall–Kier alpha value is -2.96. The lowest BCUT2D eigenvalue weighted by molar-refractivity contribution is -0.118. The zero-order chi connectivity index (χ0) is 14.1. The average molecular weight is 270 g/mol. The van der Waals surface area contributed by atoms with Gasteiger partial charge in [-0.3, -0.25) is 10.1 Å². The van der Waals surface area contributed by atoms with Crippen LogP contribution in [0.15, 0.2) is 35.4 Å². The van der Waals surface area contributed by atoms with Gasteiger partial charge < -0.3 is 5.11 Å². The number of aromatic nitrogens is 1. The number of benzene rings is 1. The van der Waals surface area contributed by atoms with Crippen LogP contribution in [-0.4, -0.2) is 39.8 Å². The van der Waals surface area contributed by atoms with Crippen LogP contribution in [-0.2, 0) is 4.79 Å². The SMILES string of the molecule is O=C1CN(/N=C/c2ccc3cccc(O)c3n2)C(=O)N1. The molecule has 7 heteroatoms. The predicted octanol–water partition coefficient (Wildman–Crippen LogP) is 0.826. The molecule has 0 unspecified atom stereocenters. The van der Waals surface area contributed by atoms with Crippen LogP contribution < -0.4 is 5.32 Å². The Morgan fingerprint density at radius 1 is 1.30 bits per heavy atom. The van der Waals surface area contributed by atoms with Crippen LogP contribution >= 0.6 is 0 Å². The number of hydrogen-bond donors (Lipinski definition) is 2. The van der Waals surface area contributed by atoms with Crippen molar-refractivity contribution in [2.24, 2.45) is 5.10 Å². The van der Waals surface area contributed by atoms with E-state index in [-0.39, 0.29) is 12.3 Å². The maximum absolute atomic E-state index is 11.3. The molecule has 1 aliphatic heterocycles. The summed E-state index contributed by atoms with van der Waals surface area (Å²) in [5, 5.41) is 17.5. The number of carbonyl (C=O) groups excluding carboxylic acids is 2. The first kappa shape index (κ1) is 12.1. The van der Waals surface area contributed by atoms with Crippen LogP contribution in [0.25, 0.3) is 10.9 Å². The molecule has 2 N–H and O–H groups in total. The van der Waals surface area contributed by atoms with Gasteiger partial charge in [-0.25, -0.2) is 14.8 Å². The van der Waals surface area contributed by atoms with E-state index in [1.54, 1.807) is 24.3 Å². The first-order valence-corrected chi connectivity index (χ1v) is 5.87. The summed E-state index contributed by atoms with van der Waals surface area (Å²) < 4.78 is 0. The van der Waals surface area contributed by atoms with E-state index in [1.165, 1.54) is 6.21 Å². The van der Waals surface area contributed by atoms with Gasteiger partial charge in [-0.05, 0) is 12.1 Å². The minimum atomic E-state index is -0.560. The van der Waals surface area contributed by atoms with Gasteiger partial charge in [-0.1, -0.05) is 18.2 Å². The van der Waals surface area contributed by atoms with E-state index < -0.39 is 11.9 Å². The number of nitrogens with zero attached hydrogens (tertiary/aromatic N) is 3. The quantitative estimate of drug-likeness (QED) is 0.624. The number of phenols is 1. The molecule has 0 radical (unpaired) electrons. The van der Waals surface area contributed by atoms with E-state index in [9.17, 15) is 14.7 Å². The van der Waals surface area contributed by atoms with Crippen molar-refractivity contribution in [2.45, 2.75) is 0 Å². The number of carbonyl (C=O) groups is 2. The molecule has 20 heavy (non-hydrogen) atoms. The molecule has 7 nitrogen and oxygen atoms in total.